The number of hydrogen-bond acceptors (Lipinski definition) is 5. The average Bonchev–Trinajstić information content (AvgIpc) is 3.27. The lowest BCUT2D eigenvalue weighted by Gasteiger charge is -2.33. The molecule has 0 saturated carbocycles. The molecule has 0 unspecified atom stereocenters. The van der Waals surface area contributed by atoms with E-state index < -0.39 is 10.0 Å². The summed E-state index contributed by atoms with van der Waals surface area (Å²) in [7, 11) is -3.44. The second-order valence-corrected chi connectivity index (χ2v) is 11.3. The third-order valence-corrected chi connectivity index (χ3v) is 9.17. The molecule has 1 aliphatic heterocycles. The van der Waals surface area contributed by atoms with Crippen molar-refractivity contribution in [2.24, 2.45) is 0 Å². The van der Waals surface area contributed by atoms with Crippen LogP contribution in [0.2, 0.25) is 0 Å². The lowest BCUT2D eigenvalue weighted by atomic mass is 10.1. The van der Waals surface area contributed by atoms with E-state index in [1.165, 1.54) is 11.3 Å². The number of piperazine rings is 1. The van der Waals surface area contributed by atoms with E-state index in [-0.39, 0.29) is 5.78 Å². The molecule has 6 nitrogen and oxygen atoms in total. The normalized spacial score (nSPS) is 16.6. The van der Waals surface area contributed by atoms with Crippen molar-refractivity contribution in [2.45, 2.75) is 51.3 Å². The van der Waals surface area contributed by atoms with Crippen molar-refractivity contribution in [3.8, 4) is 0 Å². The van der Waals surface area contributed by atoms with Gasteiger partial charge in [-0.1, -0.05) is 6.92 Å². The van der Waals surface area contributed by atoms with Crippen LogP contribution in [0.3, 0.4) is 0 Å². The van der Waals surface area contributed by atoms with Crippen LogP contribution in [0.5, 0.6) is 0 Å². The highest BCUT2D eigenvalue weighted by atomic mass is 32.2. The maximum absolute atomic E-state index is 12.9. The first-order valence-corrected chi connectivity index (χ1v) is 12.4. The van der Waals surface area contributed by atoms with Crippen LogP contribution in [0.4, 0.5) is 0 Å². The molecule has 0 radical (unpaired) electrons. The Kier molecular flexibility index (Phi) is 6.67. The summed E-state index contributed by atoms with van der Waals surface area (Å²) < 4.78 is 29.9. The fourth-order valence-corrected chi connectivity index (χ4v) is 6.96. The summed E-state index contributed by atoms with van der Waals surface area (Å²) in [4.78, 5) is 16.0. The summed E-state index contributed by atoms with van der Waals surface area (Å²) in [6.45, 7) is 12.6. The van der Waals surface area contributed by atoms with Gasteiger partial charge in [-0.25, -0.2) is 8.42 Å². The van der Waals surface area contributed by atoms with E-state index in [9.17, 15) is 13.2 Å². The van der Waals surface area contributed by atoms with Crippen molar-refractivity contribution in [3.05, 3.63) is 40.0 Å². The molecule has 3 rings (SSSR count). The minimum atomic E-state index is -3.44. The molecule has 0 bridgehead atoms. The number of aromatic nitrogens is 1. The smallest absolute Gasteiger partial charge is 0.252 e. The first kappa shape index (κ1) is 22.2. The molecule has 0 amide bonds. The van der Waals surface area contributed by atoms with E-state index in [2.05, 4.69) is 23.3 Å². The Labute approximate surface area is 178 Å². The zero-order chi connectivity index (χ0) is 21.3. The van der Waals surface area contributed by atoms with Gasteiger partial charge in [-0.05, 0) is 52.3 Å². The summed E-state index contributed by atoms with van der Waals surface area (Å²) in [6, 6.07) is 5.88. The first-order chi connectivity index (χ1) is 13.6. The highest BCUT2D eigenvalue weighted by molar-refractivity contribution is 7.91. The number of aryl methyl sites for hydroxylation is 2. The predicted molar refractivity (Wildman–Crippen MR) is 118 cm³/mol. The highest BCUT2D eigenvalue weighted by Gasteiger charge is 2.30. The number of carbonyl (C=O) groups excluding carboxylic acids is 1. The van der Waals surface area contributed by atoms with Crippen molar-refractivity contribution in [1.82, 2.24) is 13.8 Å². The fraction of sp³-hybridized carbons (Fsp3) is 0.571. The van der Waals surface area contributed by atoms with Crippen LogP contribution in [0.25, 0.3) is 0 Å². The Balaban J connectivity index is 1.63. The molecule has 1 saturated heterocycles. The van der Waals surface area contributed by atoms with Gasteiger partial charge in [-0.15, -0.1) is 11.3 Å². The third-order valence-electron chi connectivity index (χ3n) is 5.58. The molecule has 29 heavy (non-hydrogen) atoms. The van der Waals surface area contributed by atoms with Crippen LogP contribution in [-0.2, 0) is 16.4 Å². The van der Waals surface area contributed by atoms with Crippen molar-refractivity contribution in [2.75, 3.05) is 32.7 Å². The Morgan fingerprint density at radius 2 is 1.79 bits per heavy atom. The third kappa shape index (κ3) is 4.50. The topological polar surface area (TPSA) is 62.6 Å². The molecule has 2 aromatic heterocycles. The van der Waals surface area contributed by atoms with Crippen LogP contribution in [0, 0.1) is 13.8 Å². The molecule has 1 fully saturated rings. The molecule has 0 aliphatic carbocycles. The maximum Gasteiger partial charge on any atom is 0.252 e. The van der Waals surface area contributed by atoms with Gasteiger partial charge in [0.15, 0.2) is 5.78 Å². The van der Waals surface area contributed by atoms with Gasteiger partial charge in [0.1, 0.15) is 4.21 Å². The minimum Gasteiger partial charge on any atom is -0.346 e. The zero-order valence-corrected chi connectivity index (χ0v) is 19.6. The van der Waals surface area contributed by atoms with Gasteiger partial charge in [0, 0.05) is 54.0 Å². The molecular formula is C21H31N3O3S2. The van der Waals surface area contributed by atoms with E-state index in [0.717, 1.165) is 28.2 Å². The minimum absolute atomic E-state index is 0.104. The van der Waals surface area contributed by atoms with Gasteiger partial charge >= 0.3 is 0 Å². The second-order valence-electron chi connectivity index (χ2n) is 7.93. The molecule has 8 heteroatoms. The number of nitrogens with zero attached hydrogens (tertiary/aromatic N) is 3. The van der Waals surface area contributed by atoms with E-state index in [0.29, 0.717) is 43.0 Å². The molecule has 0 aromatic carbocycles. The van der Waals surface area contributed by atoms with Crippen LogP contribution in [0.1, 0.15) is 53.4 Å². The summed E-state index contributed by atoms with van der Waals surface area (Å²) >= 11 is 1.35. The van der Waals surface area contributed by atoms with Gasteiger partial charge in [0.25, 0.3) is 10.0 Å². The van der Waals surface area contributed by atoms with Gasteiger partial charge in [-0.2, -0.15) is 4.31 Å². The molecular weight excluding hydrogens is 406 g/mol. The monoisotopic (exact) mass is 437 g/mol. The number of sulfonamides is 1. The van der Waals surface area contributed by atoms with Crippen LogP contribution < -0.4 is 0 Å². The predicted octanol–water partition coefficient (Wildman–Crippen LogP) is 3.50. The average molecular weight is 438 g/mol. The van der Waals surface area contributed by atoms with Crippen molar-refractivity contribution < 1.29 is 13.2 Å². The summed E-state index contributed by atoms with van der Waals surface area (Å²) in [5.74, 6) is 0.104. The molecule has 3 heterocycles. The summed E-state index contributed by atoms with van der Waals surface area (Å²) in [6.07, 6.45) is 0.841. The number of carbonyl (C=O) groups is 1. The Hall–Kier alpha value is -1.48. The summed E-state index contributed by atoms with van der Waals surface area (Å²) in [5, 5.41) is 0. The Morgan fingerprint density at radius 3 is 2.31 bits per heavy atom. The van der Waals surface area contributed by atoms with E-state index >= 15 is 0 Å². The molecule has 0 N–H and O–H groups in total. The Morgan fingerprint density at radius 1 is 1.14 bits per heavy atom. The number of thiophene rings is 1. The molecule has 0 atom stereocenters. The molecule has 1 aliphatic rings. The molecule has 160 valence electrons. The Bertz CT molecular complexity index is 981. The largest absolute Gasteiger partial charge is 0.346 e. The highest BCUT2D eigenvalue weighted by Crippen LogP contribution is 2.26. The number of rotatable bonds is 7. The molecule has 2 aromatic rings. The first-order valence-electron chi connectivity index (χ1n) is 10.2. The quantitative estimate of drug-likeness (QED) is 0.622. The van der Waals surface area contributed by atoms with Crippen LogP contribution >= 0.6 is 11.3 Å². The number of hydrogen-bond donors (Lipinski definition) is 0. The molecule has 0 spiro atoms. The SMILES string of the molecule is CCc1ccc(S(=O)(=O)N2CCN(CC(=O)c3cc(C)n(C(C)C)c3C)CC2)s1. The summed E-state index contributed by atoms with van der Waals surface area (Å²) in [5.41, 5.74) is 2.88. The van der Waals surface area contributed by atoms with E-state index in [4.69, 9.17) is 0 Å². The van der Waals surface area contributed by atoms with Gasteiger partial charge in [0.05, 0.1) is 6.54 Å². The second kappa shape index (κ2) is 8.71. The van der Waals surface area contributed by atoms with E-state index in [1.54, 1.807) is 10.4 Å². The van der Waals surface area contributed by atoms with Crippen LogP contribution in [-0.4, -0.2) is 60.7 Å². The maximum atomic E-state index is 12.9. The number of ketones is 1. The lowest BCUT2D eigenvalue weighted by Crippen LogP contribution is -2.49. The van der Waals surface area contributed by atoms with Gasteiger partial charge in [-0.3, -0.25) is 9.69 Å². The van der Waals surface area contributed by atoms with Crippen molar-refractivity contribution in [1.29, 1.82) is 0 Å². The van der Waals surface area contributed by atoms with Crippen molar-refractivity contribution in [3.63, 3.8) is 0 Å². The van der Waals surface area contributed by atoms with Crippen LogP contribution in [0.15, 0.2) is 22.4 Å². The van der Waals surface area contributed by atoms with Gasteiger partial charge < -0.3 is 4.57 Å². The standard InChI is InChI=1S/C21H31N3O3S2/c1-6-18-7-8-21(28-18)29(26,27)23-11-9-22(10-12-23)14-20(25)19-13-16(4)24(15(2)3)17(19)5/h7-8,13,15H,6,9-12,14H2,1-5H3. The number of Topliss-reactive ketones (excluding diaryl/α,β-unsaturated/α-hetero) is 1. The lowest BCUT2D eigenvalue weighted by molar-refractivity contribution is 0.0901. The van der Waals surface area contributed by atoms with E-state index in [1.807, 2.05) is 32.9 Å². The zero-order valence-electron chi connectivity index (χ0n) is 17.9. The van der Waals surface area contributed by atoms with Gasteiger partial charge in [0.2, 0.25) is 0 Å². The fourth-order valence-electron chi connectivity index (χ4n) is 4.08. The van der Waals surface area contributed by atoms with Crippen molar-refractivity contribution >= 4 is 27.1 Å².